The summed E-state index contributed by atoms with van der Waals surface area (Å²) >= 11 is 0. The molecule has 14 heavy (non-hydrogen) atoms. The second-order valence-electron chi connectivity index (χ2n) is 5.04. The second-order valence-corrected chi connectivity index (χ2v) is 5.04. The van der Waals surface area contributed by atoms with E-state index >= 15 is 0 Å². The molecule has 0 aromatic heterocycles. The number of hydrogen-bond acceptors (Lipinski definition) is 2. The number of hydrogen-bond donors (Lipinski definition) is 1. The average molecular weight is 198 g/mol. The van der Waals surface area contributed by atoms with E-state index in [-0.39, 0.29) is 0 Å². The van der Waals surface area contributed by atoms with Crippen LogP contribution < -0.4 is 5.73 Å². The SMILES string of the molecule is CC(CN)CCN(C)CC1CCCC1. The van der Waals surface area contributed by atoms with Crippen LogP contribution in [0.4, 0.5) is 0 Å². The summed E-state index contributed by atoms with van der Waals surface area (Å²) in [5.74, 6) is 1.66. The molecule has 1 atom stereocenters. The largest absolute Gasteiger partial charge is 0.330 e. The van der Waals surface area contributed by atoms with Crippen LogP contribution in [0.2, 0.25) is 0 Å². The van der Waals surface area contributed by atoms with Crippen molar-refractivity contribution in [2.24, 2.45) is 17.6 Å². The molecule has 1 rings (SSSR count). The van der Waals surface area contributed by atoms with E-state index in [0.29, 0.717) is 5.92 Å². The van der Waals surface area contributed by atoms with Gasteiger partial charge < -0.3 is 10.6 Å². The first-order valence-electron chi connectivity index (χ1n) is 6.11. The maximum atomic E-state index is 5.60. The van der Waals surface area contributed by atoms with Crippen LogP contribution in [0, 0.1) is 11.8 Å². The van der Waals surface area contributed by atoms with E-state index in [1.54, 1.807) is 0 Å². The molecule has 1 fully saturated rings. The van der Waals surface area contributed by atoms with Crippen molar-refractivity contribution < 1.29 is 0 Å². The fraction of sp³-hybridized carbons (Fsp3) is 1.00. The number of nitrogens with two attached hydrogens (primary N) is 1. The summed E-state index contributed by atoms with van der Waals surface area (Å²) in [5.41, 5.74) is 5.60. The van der Waals surface area contributed by atoms with Crippen molar-refractivity contribution in [3.8, 4) is 0 Å². The zero-order valence-corrected chi connectivity index (χ0v) is 9.84. The summed E-state index contributed by atoms with van der Waals surface area (Å²) in [6, 6.07) is 0. The summed E-state index contributed by atoms with van der Waals surface area (Å²) in [5, 5.41) is 0. The maximum absolute atomic E-state index is 5.60. The Labute approximate surface area is 88.8 Å². The van der Waals surface area contributed by atoms with Gasteiger partial charge in [0.2, 0.25) is 0 Å². The van der Waals surface area contributed by atoms with Gasteiger partial charge in [-0.1, -0.05) is 19.8 Å². The zero-order chi connectivity index (χ0) is 10.4. The highest BCUT2D eigenvalue weighted by molar-refractivity contribution is 4.70. The van der Waals surface area contributed by atoms with Gasteiger partial charge in [-0.25, -0.2) is 0 Å². The van der Waals surface area contributed by atoms with Crippen molar-refractivity contribution in [3.63, 3.8) is 0 Å². The third kappa shape index (κ3) is 4.43. The first-order valence-corrected chi connectivity index (χ1v) is 6.11. The van der Waals surface area contributed by atoms with Gasteiger partial charge in [0.25, 0.3) is 0 Å². The van der Waals surface area contributed by atoms with Gasteiger partial charge in [-0.05, 0) is 51.2 Å². The molecular weight excluding hydrogens is 172 g/mol. The van der Waals surface area contributed by atoms with Gasteiger partial charge in [0.05, 0.1) is 0 Å². The van der Waals surface area contributed by atoms with E-state index in [4.69, 9.17) is 5.73 Å². The fourth-order valence-corrected chi connectivity index (χ4v) is 2.28. The van der Waals surface area contributed by atoms with Crippen molar-refractivity contribution in [3.05, 3.63) is 0 Å². The average Bonchev–Trinajstić information content (AvgIpc) is 2.66. The molecule has 0 aromatic rings. The van der Waals surface area contributed by atoms with Gasteiger partial charge in [0, 0.05) is 6.54 Å². The molecule has 84 valence electrons. The normalized spacial score (nSPS) is 20.6. The minimum atomic E-state index is 0.682. The Kier molecular flexibility index (Phi) is 5.49. The molecule has 2 heteroatoms. The Morgan fingerprint density at radius 3 is 2.57 bits per heavy atom. The molecule has 0 spiro atoms. The van der Waals surface area contributed by atoms with E-state index < -0.39 is 0 Å². The predicted octanol–water partition coefficient (Wildman–Crippen LogP) is 2.09. The van der Waals surface area contributed by atoms with Gasteiger partial charge in [0.15, 0.2) is 0 Å². The molecule has 1 saturated carbocycles. The number of rotatable bonds is 6. The molecule has 1 aliphatic carbocycles. The van der Waals surface area contributed by atoms with E-state index in [1.165, 1.54) is 45.2 Å². The molecule has 1 unspecified atom stereocenters. The van der Waals surface area contributed by atoms with Crippen LogP contribution in [-0.2, 0) is 0 Å². The molecule has 2 nitrogen and oxygen atoms in total. The molecule has 0 amide bonds. The van der Waals surface area contributed by atoms with Gasteiger partial charge in [-0.15, -0.1) is 0 Å². The number of nitrogens with zero attached hydrogens (tertiary/aromatic N) is 1. The highest BCUT2D eigenvalue weighted by Crippen LogP contribution is 2.25. The van der Waals surface area contributed by atoms with E-state index in [1.807, 2.05) is 0 Å². The summed E-state index contributed by atoms with van der Waals surface area (Å²) in [7, 11) is 2.25. The molecule has 0 heterocycles. The van der Waals surface area contributed by atoms with E-state index in [0.717, 1.165) is 12.5 Å². The van der Waals surface area contributed by atoms with Crippen LogP contribution >= 0.6 is 0 Å². The Bertz CT molecular complexity index is 141. The topological polar surface area (TPSA) is 29.3 Å². The predicted molar refractivity (Wildman–Crippen MR) is 62.3 cm³/mol. The lowest BCUT2D eigenvalue weighted by molar-refractivity contribution is 0.261. The maximum Gasteiger partial charge on any atom is 0.000661 e. The Balaban J connectivity index is 2.05. The standard InChI is InChI=1S/C12H26N2/c1-11(9-13)7-8-14(2)10-12-5-3-4-6-12/h11-12H,3-10,13H2,1-2H3. The monoisotopic (exact) mass is 198 g/mol. The molecule has 1 aliphatic rings. The highest BCUT2D eigenvalue weighted by atomic mass is 15.1. The van der Waals surface area contributed by atoms with Gasteiger partial charge in [0.1, 0.15) is 0 Å². The van der Waals surface area contributed by atoms with E-state index in [2.05, 4.69) is 18.9 Å². The first-order chi connectivity index (χ1) is 6.72. The van der Waals surface area contributed by atoms with Crippen LogP contribution in [-0.4, -0.2) is 31.6 Å². The van der Waals surface area contributed by atoms with Crippen LogP contribution in [0.5, 0.6) is 0 Å². The van der Waals surface area contributed by atoms with Gasteiger partial charge >= 0.3 is 0 Å². The van der Waals surface area contributed by atoms with Crippen LogP contribution in [0.15, 0.2) is 0 Å². The van der Waals surface area contributed by atoms with Crippen molar-refractivity contribution in [1.29, 1.82) is 0 Å². The second kappa shape index (κ2) is 6.41. The summed E-state index contributed by atoms with van der Waals surface area (Å²) in [6.45, 7) is 5.59. The highest BCUT2D eigenvalue weighted by Gasteiger charge is 2.16. The van der Waals surface area contributed by atoms with Gasteiger partial charge in [-0.2, -0.15) is 0 Å². The minimum Gasteiger partial charge on any atom is -0.330 e. The first kappa shape index (κ1) is 12.0. The molecule has 0 aromatic carbocycles. The van der Waals surface area contributed by atoms with E-state index in [9.17, 15) is 0 Å². The lowest BCUT2D eigenvalue weighted by atomic mass is 10.1. The van der Waals surface area contributed by atoms with Gasteiger partial charge in [-0.3, -0.25) is 0 Å². The van der Waals surface area contributed by atoms with Crippen LogP contribution in [0.25, 0.3) is 0 Å². The van der Waals surface area contributed by atoms with Crippen molar-refractivity contribution >= 4 is 0 Å². The molecule has 0 bridgehead atoms. The summed E-state index contributed by atoms with van der Waals surface area (Å²) in [6.07, 6.45) is 7.07. The molecule has 0 radical (unpaired) electrons. The Hall–Kier alpha value is -0.0800. The third-order valence-electron chi connectivity index (χ3n) is 3.45. The third-order valence-corrected chi connectivity index (χ3v) is 3.45. The van der Waals surface area contributed by atoms with Crippen molar-refractivity contribution in [2.75, 3.05) is 26.7 Å². The van der Waals surface area contributed by atoms with Crippen molar-refractivity contribution in [1.82, 2.24) is 4.90 Å². The fourth-order valence-electron chi connectivity index (χ4n) is 2.28. The minimum absolute atomic E-state index is 0.682. The zero-order valence-electron chi connectivity index (χ0n) is 9.84. The Morgan fingerprint density at radius 2 is 2.00 bits per heavy atom. The quantitative estimate of drug-likeness (QED) is 0.708. The lowest BCUT2D eigenvalue weighted by Gasteiger charge is -2.21. The molecule has 2 N–H and O–H groups in total. The molecule has 0 saturated heterocycles. The summed E-state index contributed by atoms with van der Waals surface area (Å²) < 4.78 is 0. The van der Waals surface area contributed by atoms with Crippen molar-refractivity contribution in [2.45, 2.75) is 39.0 Å². The Morgan fingerprint density at radius 1 is 1.36 bits per heavy atom. The molecular formula is C12H26N2. The van der Waals surface area contributed by atoms with Crippen LogP contribution in [0.1, 0.15) is 39.0 Å². The molecule has 0 aliphatic heterocycles. The van der Waals surface area contributed by atoms with Crippen LogP contribution in [0.3, 0.4) is 0 Å². The summed E-state index contributed by atoms with van der Waals surface area (Å²) in [4.78, 5) is 2.49. The smallest absolute Gasteiger partial charge is 0.000661 e. The lowest BCUT2D eigenvalue weighted by Crippen LogP contribution is -2.27.